The molecule has 2 aromatic rings. The highest BCUT2D eigenvalue weighted by molar-refractivity contribution is 7.80. The van der Waals surface area contributed by atoms with Gasteiger partial charge in [-0.1, -0.05) is 38.1 Å². The molecule has 1 N–H and O–H groups in total. The fourth-order valence-corrected chi connectivity index (χ4v) is 2.01. The van der Waals surface area contributed by atoms with Gasteiger partial charge in [-0.25, -0.2) is 0 Å². The van der Waals surface area contributed by atoms with E-state index in [-0.39, 0.29) is 5.91 Å². The van der Waals surface area contributed by atoms with Crippen LogP contribution in [0, 0.1) is 0 Å². The lowest BCUT2D eigenvalue weighted by Gasteiger charge is -2.09. The third-order valence-electron chi connectivity index (χ3n) is 2.99. The van der Waals surface area contributed by atoms with Crippen molar-refractivity contribution < 1.29 is 4.79 Å². The van der Waals surface area contributed by atoms with Gasteiger partial charge in [0.05, 0.1) is 5.69 Å². The number of thiol groups is 1. The number of anilines is 1. The average molecular weight is 271 g/mol. The molecule has 0 radical (unpaired) electrons. The molecule has 2 aromatic carbocycles. The Kier molecular flexibility index (Phi) is 4.27. The van der Waals surface area contributed by atoms with Crippen LogP contribution in [0.1, 0.15) is 35.7 Å². The van der Waals surface area contributed by atoms with Gasteiger partial charge < -0.3 is 5.32 Å². The van der Waals surface area contributed by atoms with Gasteiger partial charge in [-0.15, -0.1) is 12.6 Å². The molecule has 0 atom stereocenters. The zero-order valence-electron chi connectivity index (χ0n) is 11.1. The molecule has 0 aliphatic heterocycles. The maximum atomic E-state index is 12.1. The number of nitrogens with one attached hydrogen (secondary N) is 1. The Hall–Kier alpha value is -1.74. The predicted octanol–water partition coefficient (Wildman–Crippen LogP) is 4.35. The Morgan fingerprint density at radius 1 is 1.05 bits per heavy atom. The van der Waals surface area contributed by atoms with E-state index in [0.717, 1.165) is 10.6 Å². The smallest absolute Gasteiger partial charge is 0.255 e. The molecule has 0 bridgehead atoms. The molecule has 0 saturated heterocycles. The molecule has 0 fully saturated rings. The summed E-state index contributed by atoms with van der Waals surface area (Å²) in [5.74, 6) is 0.354. The first-order valence-electron chi connectivity index (χ1n) is 6.27. The zero-order chi connectivity index (χ0) is 13.8. The first-order valence-corrected chi connectivity index (χ1v) is 6.72. The van der Waals surface area contributed by atoms with Crippen molar-refractivity contribution in [3.63, 3.8) is 0 Å². The maximum absolute atomic E-state index is 12.1. The van der Waals surface area contributed by atoms with Crippen molar-refractivity contribution in [3.05, 3.63) is 59.7 Å². The lowest BCUT2D eigenvalue weighted by Crippen LogP contribution is -2.12. The summed E-state index contributed by atoms with van der Waals surface area (Å²) in [6.45, 7) is 4.26. The quantitative estimate of drug-likeness (QED) is 0.798. The summed E-state index contributed by atoms with van der Waals surface area (Å²) < 4.78 is 0. The van der Waals surface area contributed by atoms with Crippen LogP contribution in [-0.4, -0.2) is 5.91 Å². The van der Waals surface area contributed by atoms with Crippen molar-refractivity contribution in [2.24, 2.45) is 0 Å². The topological polar surface area (TPSA) is 29.1 Å². The van der Waals surface area contributed by atoms with Crippen LogP contribution < -0.4 is 5.32 Å². The van der Waals surface area contributed by atoms with E-state index >= 15 is 0 Å². The van der Waals surface area contributed by atoms with Crippen LogP contribution in [0.2, 0.25) is 0 Å². The highest BCUT2D eigenvalue weighted by Crippen LogP contribution is 2.20. The number of hydrogen-bond acceptors (Lipinski definition) is 2. The highest BCUT2D eigenvalue weighted by atomic mass is 32.1. The summed E-state index contributed by atoms with van der Waals surface area (Å²) in [4.78, 5) is 12.9. The number of hydrogen-bond donors (Lipinski definition) is 2. The summed E-state index contributed by atoms with van der Waals surface area (Å²) in [5.41, 5.74) is 2.61. The second-order valence-electron chi connectivity index (χ2n) is 4.75. The summed E-state index contributed by atoms with van der Waals surface area (Å²) in [7, 11) is 0. The number of benzene rings is 2. The van der Waals surface area contributed by atoms with Gasteiger partial charge in [0, 0.05) is 10.5 Å². The summed E-state index contributed by atoms with van der Waals surface area (Å²) in [6.07, 6.45) is 0. The van der Waals surface area contributed by atoms with E-state index in [0.29, 0.717) is 11.5 Å². The molecule has 2 nitrogen and oxygen atoms in total. The minimum absolute atomic E-state index is 0.114. The van der Waals surface area contributed by atoms with Crippen LogP contribution in [-0.2, 0) is 0 Å². The fraction of sp³-hybridized carbons (Fsp3) is 0.188. The number of amides is 1. The average Bonchev–Trinajstić information content (AvgIpc) is 2.41. The van der Waals surface area contributed by atoms with Crippen molar-refractivity contribution in [2.45, 2.75) is 24.7 Å². The number of carbonyl (C=O) groups is 1. The van der Waals surface area contributed by atoms with Gasteiger partial charge in [0.15, 0.2) is 0 Å². The van der Waals surface area contributed by atoms with E-state index in [1.54, 1.807) is 0 Å². The molecule has 0 unspecified atom stereocenters. The zero-order valence-corrected chi connectivity index (χ0v) is 11.9. The summed E-state index contributed by atoms with van der Waals surface area (Å²) in [6, 6.07) is 15.1. The van der Waals surface area contributed by atoms with Crippen molar-refractivity contribution in [1.82, 2.24) is 0 Å². The second kappa shape index (κ2) is 5.93. The lowest BCUT2D eigenvalue weighted by molar-refractivity contribution is 0.102. The number of para-hydroxylation sites is 1. The molecule has 3 heteroatoms. The Balaban J connectivity index is 2.14. The molecule has 0 aliphatic carbocycles. The minimum atomic E-state index is -0.114. The molecule has 98 valence electrons. The Morgan fingerprint density at radius 3 is 2.26 bits per heavy atom. The second-order valence-corrected chi connectivity index (χ2v) is 5.23. The minimum Gasteiger partial charge on any atom is -0.321 e. The Bertz CT molecular complexity index is 576. The van der Waals surface area contributed by atoms with E-state index in [4.69, 9.17) is 0 Å². The van der Waals surface area contributed by atoms with Gasteiger partial charge in [-0.3, -0.25) is 4.79 Å². The van der Waals surface area contributed by atoms with E-state index in [1.807, 2.05) is 48.5 Å². The number of carbonyl (C=O) groups excluding carboxylic acids is 1. The third-order valence-corrected chi connectivity index (χ3v) is 3.38. The number of rotatable bonds is 3. The van der Waals surface area contributed by atoms with Crippen LogP contribution >= 0.6 is 12.6 Å². The van der Waals surface area contributed by atoms with Crippen LogP contribution in [0.3, 0.4) is 0 Å². The molecule has 0 aliphatic rings. The van der Waals surface area contributed by atoms with E-state index in [1.165, 1.54) is 5.56 Å². The van der Waals surface area contributed by atoms with E-state index < -0.39 is 0 Å². The summed E-state index contributed by atoms with van der Waals surface area (Å²) in [5, 5.41) is 2.86. The molecule has 0 spiro atoms. The van der Waals surface area contributed by atoms with Crippen molar-refractivity contribution in [3.8, 4) is 0 Å². The maximum Gasteiger partial charge on any atom is 0.255 e. The van der Waals surface area contributed by atoms with Gasteiger partial charge >= 0.3 is 0 Å². The predicted molar refractivity (Wildman–Crippen MR) is 82.2 cm³/mol. The van der Waals surface area contributed by atoms with Gasteiger partial charge in [-0.2, -0.15) is 0 Å². The Labute approximate surface area is 119 Å². The standard InChI is InChI=1S/C16H17NOS/c1-11(2)12-7-9-13(10-8-12)16(18)17-14-5-3-4-6-15(14)19/h3-11,19H,1-2H3,(H,17,18). The van der Waals surface area contributed by atoms with Crippen LogP contribution in [0.5, 0.6) is 0 Å². The van der Waals surface area contributed by atoms with Gasteiger partial charge in [0.1, 0.15) is 0 Å². The van der Waals surface area contributed by atoms with Gasteiger partial charge in [0.25, 0.3) is 5.91 Å². The van der Waals surface area contributed by atoms with E-state index in [9.17, 15) is 4.79 Å². The molecule has 2 rings (SSSR count). The summed E-state index contributed by atoms with van der Waals surface area (Å²) >= 11 is 4.31. The largest absolute Gasteiger partial charge is 0.321 e. The molecule has 19 heavy (non-hydrogen) atoms. The normalized spacial score (nSPS) is 10.5. The Morgan fingerprint density at radius 2 is 1.68 bits per heavy atom. The molecule has 1 amide bonds. The van der Waals surface area contributed by atoms with Crippen LogP contribution in [0.15, 0.2) is 53.4 Å². The molecular weight excluding hydrogens is 254 g/mol. The van der Waals surface area contributed by atoms with Crippen molar-refractivity contribution >= 4 is 24.2 Å². The SMILES string of the molecule is CC(C)c1ccc(C(=O)Nc2ccccc2S)cc1. The first-order chi connectivity index (χ1) is 9.08. The van der Waals surface area contributed by atoms with Gasteiger partial charge in [-0.05, 0) is 35.7 Å². The van der Waals surface area contributed by atoms with Crippen molar-refractivity contribution in [2.75, 3.05) is 5.32 Å². The van der Waals surface area contributed by atoms with Gasteiger partial charge in [0.2, 0.25) is 0 Å². The highest BCUT2D eigenvalue weighted by Gasteiger charge is 2.08. The fourth-order valence-electron chi connectivity index (χ4n) is 1.79. The monoisotopic (exact) mass is 271 g/mol. The van der Waals surface area contributed by atoms with Crippen LogP contribution in [0.25, 0.3) is 0 Å². The van der Waals surface area contributed by atoms with Crippen LogP contribution in [0.4, 0.5) is 5.69 Å². The third kappa shape index (κ3) is 3.38. The molecule has 0 aromatic heterocycles. The molecule has 0 saturated carbocycles. The first kappa shape index (κ1) is 13.7. The van der Waals surface area contributed by atoms with E-state index in [2.05, 4.69) is 31.8 Å². The molecular formula is C16H17NOS. The van der Waals surface area contributed by atoms with Crippen molar-refractivity contribution in [1.29, 1.82) is 0 Å². The molecule has 0 heterocycles. The lowest BCUT2D eigenvalue weighted by atomic mass is 10.0.